The van der Waals surface area contributed by atoms with E-state index in [9.17, 15) is 22.0 Å². The molecule has 2 rings (SSSR count). The van der Waals surface area contributed by atoms with Crippen molar-refractivity contribution in [3.8, 4) is 0 Å². The Bertz CT molecular complexity index is 843. The number of hydrogen-bond acceptors (Lipinski definition) is 3. The molecule has 0 atom stereocenters. The van der Waals surface area contributed by atoms with Gasteiger partial charge in [0.15, 0.2) is 0 Å². The summed E-state index contributed by atoms with van der Waals surface area (Å²) in [4.78, 5) is 12.3. The Morgan fingerprint density at radius 2 is 1.73 bits per heavy atom. The molecule has 0 saturated carbocycles. The fourth-order valence-corrected chi connectivity index (χ4v) is 2.65. The number of halogens is 3. The van der Waals surface area contributed by atoms with E-state index in [-0.39, 0.29) is 9.99 Å². The van der Waals surface area contributed by atoms with E-state index in [1.54, 1.807) is 0 Å². The molecule has 0 bridgehead atoms. The predicted octanol–water partition coefficient (Wildman–Crippen LogP) is 2.47. The SMILES string of the molecule is NS(=O)(=O)N(C(=O)c1ccccc1F)c1ccc(F)c(Cl)c1. The Labute approximate surface area is 130 Å². The molecule has 0 saturated heterocycles. The molecule has 0 radical (unpaired) electrons. The summed E-state index contributed by atoms with van der Waals surface area (Å²) in [6, 6.07) is 7.54. The van der Waals surface area contributed by atoms with Crippen LogP contribution in [0.1, 0.15) is 10.4 Å². The molecule has 2 aromatic carbocycles. The van der Waals surface area contributed by atoms with Gasteiger partial charge in [0.2, 0.25) is 0 Å². The van der Waals surface area contributed by atoms with Crippen molar-refractivity contribution in [1.29, 1.82) is 0 Å². The maximum atomic E-state index is 13.7. The fraction of sp³-hybridized carbons (Fsp3) is 0. The molecular formula is C13H9ClF2N2O3S. The molecule has 0 aliphatic rings. The first-order chi connectivity index (χ1) is 10.2. The smallest absolute Gasteiger partial charge is 0.267 e. The first kappa shape index (κ1) is 16.3. The van der Waals surface area contributed by atoms with Crippen molar-refractivity contribution in [3.63, 3.8) is 0 Å². The van der Waals surface area contributed by atoms with Crippen molar-refractivity contribution in [2.75, 3.05) is 4.31 Å². The number of carbonyl (C=O) groups excluding carboxylic acids is 1. The summed E-state index contributed by atoms with van der Waals surface area (Å²) in [7, 11) is -4.58. The average molecular weight is 347 g/mol. The third-order valence-corrected chi connectivity index (χ3v) is 3.86. The molecule has 0 heterocycles. The maximum Gasteiger partial charge on any atom is 0.305 e. The minimum atomic E-state index is -4.58. The molecule has 5 nitrogen and oxygen atoms in total. The van der Waals surface area contributed by atoms with E-state index < -0.39 is 38.3 Å². The molecule has 0 fully saturated rings. The summed E-state index contributed by atoms with van der Waals surface area (Å²) >= 11 is 5.57. The second-order valence-corrected chi connectivity index (χ2v) is 6.00. The highest BCUT2D eigenvalue weighted by Gasteiger charge is 2.29. The van der Waals surface area contributed by atoms with Crippen molar-refractivity contribution < 1.29 is 22.0 Å². The number of anilines is 1. The largest absolute Gasteiger partial charge is 0.305 e. The van der Waals surface area contributed by atoms with Crippen LogP contribution in [0.25, 0.3) is 0 Å². The van der Waals surface area contributed by atoms with Gasteiger partial charge in [-0.1, -0.05) is 23.7 Å². The van der Waals surface area contributed by atoms with Crippen LogP contribution in [0.2, 0.25) is 5.02 Å². The van der Waals surface area contributed by atoms with Crippen LogP contribution in [0.5, 0.6) is 0 Å². The third kappa shape index (κ3) is 3.24. The number of benzene rings is 2. The first-order valence-corrected chi connectivity index (χ1v) is 7.67. The lowest BCUT2D eigenvalue weighted by molar-refractivity contribution is 0.100. The van der Waals surface area contributed by atoms with Gasteiger partial charge in [0.05, 0.1) is 16.3 Å². The molecular weight excluding hydrogens is 338 g/mol. The van der Waals surface area contributed by atoms with Gasteiger partial charge in [-0.05, 0) is 30.3 Å². The molecule has 1 amide bonds. The monoisotopic (exact) mass is 346 g/mol. The maximum absolute atomic E-state index is 13.7. The van der Waals surface area contributed by atoms with Gasteiger partial charge in [0.25, 0.3) is 5.91 Å². The van der Waals surface area contributed by atoms with Crippen molar-refractivity contribution in [2.45, 2.75) is 0 Å². The van der Waals surface area contributed by atoms with Crippen molar-refractivity contribution in [1.82, 2.24) is 0 Å². The normalized spacial score (nSPS) is 11.3. The summed E-state index contributed by atoms with van der Waals surface area (Å²) < 4.78 is 50.4. The Kier molecular flexibility index (Phi) is 4.45. The van der Waals surface area contributed by atoms with E-state index in [1.807, 2.05) is 0 Å². The summed E-state index contributed by atoms with van der Waals surface area (Å²) in [5.74, 6) is -2.95. The zero-order chi connectivity index (χ0) is 16.5. The molecule has 116 valence electrons. The molecule has 0 spiro atoms. The number of nitrogens with two attached hydrogens (primary N) is 1. The van der Waals surface area contributed by atoms with Crippen molar-refractivity contribution >= 4 is 33.4 Å². The van der Waals surface area contributed by atoms with Crippen molar-refractivity contribution in [2.24, 2.45) is 5.14 Å². The molecule has 2 N–H and O–H groups in total. The van der Waals surface area contributed by atoms with Gasteiger partial charge in [-0.2, -0.15) is 12.7 Å². The second kappa shape index (κ2) is 5.99. The highest BCUT2D eigenvalue weighted by Crippen LogP contribution is 2.26. The van der Waals surface area contributed by atoms with Crippen molar-refractivity contribution in [3.05, 3.63) is 64.7 Å². The first-order valence-electron chi connectivity index (χ1n) is 5.79. The number of rotatable bonds is 3. The van der Waals surface area contributed by atoms with Gasteiger partial charge >= 0.3 is 10.2 Å². The molecule has 9 heteroatoms. The quantitative estimate of drug-likeness (QED) is 0.927. The number of carbonyl (C=O) groups is 1. The van der Waals surface area contributed by atoms with Crippen LogP contribution in [0.15, 0.2) is 42.5 Å². The standard InChI is InChI=1S/C13H9ClF2N2O3S/c14-10-7-8(5-6-12(10)16)18(22(17,20)21)13(19)9-3-1-2-4-11(9)15/h1-7H,(H2,17,20,21). The van der Waals surface area contributed by atoms with Gasteiger partial charge < -0.3 is 0 Å². The highest BCUT2D eigenvalue weighted by atomic mass is 35.5. The lowest BCUT2D eigenvalue weighted by atomic mass is 10.2. The van der Waals surface area contributed by atoms with E-state index in [4.69, 9.17) is 16.7 Å². The van der Waals surface area contributed by atoms with Crippen LogP contribution in [0, 0.1) is 11.6 Å². The molecule has 0 unspecified atom stereocenters. The second-order valence-electron chi connectivity index (χ2n) is 4.19. The average Bonchev–Trinajstić information content (AvgIpc) is 2.42. The molecule has 0 aromatic heterocycles. The zero-order valence-electron chi connectivity index (χ0n) is 10.8. The van der Waals surface area contributed by atoms with Gasteiger partial charge in [-0.25, -0.2) is 13.9 Å². The predicted molar refractivity (Wildman–Crippen MR) is 77.7 cm³/mol. The Morgan fingerprint density at radius 3 is 2.27 bits per heavy atom. The summed E-state index contributed by atoms with van der Waals surface area (Å²) in [5.41, 5.74) is -0.806. The number of hydrogen-bond donors (Lipinski definition) is 1. The Balaban J connectivity index is 2.59. The topological polar surface area (TPSA) is 80.5 Å². The van der Waals surface area contributed by atoms with E-state index in [0.717, 1.165) is 30.3 Å². The fourth-order valence-electron chi connectivity index (χ4n) is 1.74. The summed E-state index contributed by atoms with van der Waals surface area (Å²) in [6.45, 7) is 0. The van der Waals surface area contributed by atoms with Gasteiger partial charge in [-0.3, -0.25) is 4.79 Å². The van der Waals surface area contributed by atoms with Gasteiger partial charge in [0, 0.05) is 0 Å². The van der Waals surface area contributed by atoms with E-state index in [0.29, 0.717) is 0 Å². The highest BCUT2D eigenvalue weighted by molar-refractivity contribution is 7.91. The Hall–Kier alpha value is -2.03. The molecule has 2 aromatic rings. The van der Waals surface area contributed by atoms with Crippen LogP contribution in [-0.2, 0) is 10.2 Å². The zero-order valence-corrected chi connectivity index (χ0v) is 12.4. The molecule has 0 aliphatic carbocycles. The van der Waals surface area contributed by atoms with Gasteiger partial charge in [0.1, 0.15) is 11.6 Å². The van der Waals surface area contributed by atoms with E-state index in [2.05, 4.69) is 0 Å². The van der Waals surface area contributed by atoms with E-state index >= 15 is 0 Å². The third-order valence-electron chi connectivity index (χ3n) is 2.68. The van der Waals surface area contributed by atoms with Crippen LogP contribution >= 0.6 is 11.6 Å². The minimum absolute atomic E-state index is 0.150. The number of amides is 1. The van der Waals surface area contributed by atoms with Crippen LogP contribution in [0.4, 0.5) is 14.5 Å². The van der Waals surface area contributed by atoms with Crippen LogP contribution in [-0.4, -0.2) is 14.3 Å². The minimum Gasteiger partial charge on any atom is -0.267 e. The molecule has 0 aliphatic heterocycles. The van der Waals surface area contributed by atoms with Crippen LogP contribution in [0.3, 0.4) is 0 Å². The van der Waals surface area contributed by atoms with E-state index in [1.165, 1.54) is 12.1 Å². The summed E-state index contributed by atoms with van der Waals surface area (Å²) in [6.07, 6.45) is 0. The Morgan fingerprint density at radius 1 is 1.09 bits per heavy atom. The summed E-state index contributed by atoms with van der Waals surface area (Å²) in [5, 5.41) is 4.60. The van der Waals surface area contributed by atoms with Crippen LogP contribution < -0.4 is 9.44 Å². The van der Waals surface area contributed by atoms with Gasteiger partial charge in [-0.15, -0.1) is 0 Å². The lowest BCUT2D eigenvalue weighted by Crippen LogP contribution is -2.42. The lowest BCUT2D eigenvalue weighted by Gasteiger charge is -2.20. The molecule has 22 heavy (non-hydrogen) atoms. The number of nitrogens with zero attached hydrogens (tertiary/aromatic N) is 1.